The van der Waals surface area contributed by atoms with Crippen LogP contribution in [0.1, 0.15) is 61.8 Å². The molecule has 0 aromatic rings. The van der Waals surface area contributed by atoms with Crippen LogP contribution in [0.25, 0.3) is 0 Å². The van der Waals surface area contributed by atoms with Gasteiger partial charge in [0, 0.05) is 12.6 Å². The van der Waals surface area contributed by atoms with Gasteiger partial charge in [0.15, 0.2) is 0 Å². The Kier molecular flexibility index (Phi) is 5.32. The molecule has 0 amide bonds. The second-order valence-corrected chi connectivity index (χ2v) is 6.85. The molecule has 0 aliphatic heterocycles. The predicted molar refractivity (Wildman–Crippen MR) is 70.2 cm³/mol. The summed E-state index contributed by atoms with van der Waals surface area (Å²) in [5.74, 6) is 0.760. The molecule has 1 atom stereocenters. The van der Waals surface area contributed by atoms with Gasteiger partial charge >= 0.3 is 0 Å². The second-order valence-electron chi connectivity index (χ2n) is 6.85. The highest BCUT2D eigenvalue weighted by Crippen LogP contribution is 2.41. The maximum absolute atomic E-state index is 3.57. The van der Waals surface area contributed by atoms with Crippen molar-refractivity contribution >= 4 is 0 Å². The zero-order valence-electron chi connectivity index (χ0n) is 12.1. The summed E-state index contributed by atoms with van der Waals surface area (Å²) in [5.41, 5.74) is 0.772. The third-order valence-electron chi connectivity index (χ3n) is 3.36. The SMILES string of the molecule is CCC(C(C)(C)C)C(C)(C)CNC(C)C. The summed E-state index contributed by atoms with van der Waals surface area (Å²) >= 11 is 0. The molecule has 0 aliphatic rings. The minimum absolute atomic E-state index is 0.372. The molecule has 1 unspecified atom stereocenters. The Morgan fingerprint density at radius 3 is 1.73 bits per heavy atom. The molecule has 0 aliphatic carbocycles. The molecule has 0 aromatic heterocycles. The molecule has 1 heteroatoms. The molecule has 0 heterocycles. The number of rotatable bonds is 5. The molecule has 0 rings (SSSR count). The maximum atomic E-state index is 3.57. The summed E-state index contributed by atoms with van der Waals surface area (Å²) in [4.78, 5) is 0. The average Bonchev–Trinajstić information content (AvgIpc) is 1.98. The molecule has 0 spiro atoms. The lowest BCUT2D eigenvalue weighted by molar-refractivity contribution is 0.0795. The minimum Gasteiger partial charge on any atom is -0.314 e. The van der Waals surface area contributed by atoms with E-state index in [-0.39, 0.29) is 0 Å². The Hall–Kier alpha value is -0.0400. The fourth-order valence-corrected chi connectivity index (χ4v) is 2.93. The van der Waals surface area contributed by atoms with E-state index >= 15 is 0 Å². The zero-order valence-corrected chi connectivity index (χ0v) is 12.1. The van der Waals surface area contributed by atoms with Crippen molar-refractivity contribution in [3.63, 3.8) is 0 Å². The molecular formula is C14H31N. The molecule has 0 saturated heterocycles. The summed E-state index contributed by atoms with van der Waals surface area (Å²) in [6.45, 7) is 19.7. The topological polar surface area (TPSA) is 12.0 Å². The lowest BCUT2D eigenvalue weighted by atomic mass is 9.64. The second kappa shape index (κ2) is 5.34. The van der Waals surface area contributed by atoms with Gasteiger partial charge in [-0.25, -0.2) is 0 Å². The van der Waals surface area contributed by atoms with E-state index in [1.807, 2.05) is 0 Å². The van der Waals surface area contributed by atoms with Crippen LogP contribution in [0.4, 0.5) is 0 Å². The van der Waals surface area contributed by atoms with E-state index in [0.717, 1.165) is 12.5 Å². The van der Waals surface area contributed by atoms with Gasteiger partial charge in [0.05, 0.1) is 0 Å². The summed E-state index contributed by atoms with van der Waals surface area (Å²) < 4.78 is 0. The molecule has 0 saturated carbocycles. The Balaban J connectivity index is 4.52. The number of hydrogen-bond acceptors (Lipinski definition) is 1. The molecule has 92 valence electrons. The monoisotopic (exact) mass is 213 g/mol. The van der Waals surface area contributed by atoms with E-state index < -0.39 is 0 Å². The lowest BCUT2D eigenvalue weighted by Gasteiger charge is -2.43. The largest absolute Gasteiger partial charge is 0.314 e. The highest BCUT2D eigenvalue weighted by molar-refractivity contribution is 4.87. The molecule has 0 radical (unpaired) electrons. The van der Waals surface area contributed by atoms with Gasteiger partial charge in [0.2, 0.25) is 0 Å². The van der Waals surface area contributed by atoms with Crippen molar-refractivity contribution in [2.45, 2.75) is 67.9 Å². The van der Waals surface area contributed by atoms with Crippen LogP contribution < -0.4 is 5.32 Å². The van der Waals surface area contributed by atoms with Gasteiger partial charge < -0.3 is 5.32 Å². The van der Waals surface area contributed by atoms with Crippen molar-refractivity contribution in [1.82, 2.24) is 5.32 Å². The van der Waals surface area contributed by atoms with E-state index in [1.165, 1.54) is 6.42 Å². The standard InChI is InChI=1S/C14H31N/c1-9-12(13(4,5)6)14(7,8)10-15-11(2)3/h11-12,15H,9-10H2,1-8H3. The summed E-state index contributed by atoms with van der Waals surface area (Å²) in [7, 11) is 0. The predicted octanol–water partition coefficient (Wildman–Crippen LogP) is 4.08. The summed E-state index contributed by atoms with van der Waals surface area (Å²) in [5, 5.41) is 3.57. The molecule has 1 nitrogen and oxygen atoms in total. The van der Waals surface area contributed by atoms with Gasteiger partial charge in [-0.15, -0.1) is 0 Å². The lowest BCUT2D eigenvalue weighted by Crippen LogP contribution is -2.43. The van der Waals surface area contributed by atoms with Crippen molar-refractivity contribution in [2.75, 3.05) is 6.54 Å². The molecule has 15 heavy (non-hydrogen) atoms. The van der Waals surface area contributed by atoms with E-state index in [9.17, 15) is 0 Å². The molecule has 0 bridgehead atoms. The first-order valence-electron chi connectivity index (χ1n) is 6.34. The normalized spacial score (nSPS) is 15.8. The Bertz CT molecular complexity index is 174. The van der Waals surface area contributed by atoms with Gasteiger partial charge in [-0.05, 0) is 16.7 Å². The fraction of sp³-hybridized carbons (Fsp3) is 1.00. The zero-order chi connectivity index (χ0) is 12.3. The van der Waals surface area contributed by atoms with Gasteiger partial charge in [0.25, 0.3) is 0 Å². The highest BCUT2D eigenvalue weighted by atomic mass is 14.9. The quantitative estimate of drug-likeness (QED) is 0.725. The van der Waals surface area contributed by atoms with Crippen molar-refractivity contribution in [2.24, 2.45) is 16.7 Å². The van der Waals surface area contributed by atoms with Gasteiger partial charge in [-0.1, -0.05) is 61.8 Å². The molecule has 0 fully saturated rings. The molecule has 0 aromatic carbocycles. The van der Waals surface area contributed by atoms with Crippen molar-refractivity contribution < 1.29 is 0 Å². The minimum atomic E-state index is 0.372. The van der Waals surface area contributed by atoms with E-state index in [1.54, 1.807) is 0 Å². The van der Waals surface area contributed by atoms with Crippen molar-refractivity contribution in [3.05, 3.63) is 0 Å². The summed E-state index contributed by atoms with van der Waals surface area (Å²) in [6, 6.07) is 0.585. The smallest absolute Gasteiger partial charge is 0.00106 e. The fourth-order valence-electron chi connectivity index (χ4n) is 2.93. The third-order valence-corrected chi connectivity index (χ3v) is 3.36. The molecular weight excluding hydrogens is 182 g/mol. The van der Waals surface area contributed by atoms with Crippen LogP contribution in [-0.2, 0) is 0 Å². The van der Waals surface area contributed by atoms with Gasteiger partial charge in [-0.3, -0.25) is 0 Å². The van der Waals surface area contributed by atoms with E-state index in [0.29, 0.717) is 16.9 Å². The van der Waals surface area contributed by atoms with Crippen molar-refractivity contribution in [3.8, 4) is 0 Å². The van der Waals surface area contributed by atoms with Crippen LogP contribution in [0, 0.1) is 16.7 Å². The first-order chi connectivity index (χ1) is 6.61. The van der Waals surface area contributed by atoms with E-state index in [2.05, 4.69) is 60.7 Å². The number of hydrogen-bond donors (Lipinski definition) is 1. The molecule has 1 N–H and O–H groups in total. The van der Waals surface area contributed by atoms with Crippen LogP contribution in [0.5, 0.6) is 0 Å². The third kappa shape index (κ3) is 5.01. The maximum Gasteiger partial charge on any atom is 0.00106 e. The Morgan fingerprint density at radius 1 is 1.00 bits per heavy atom. The first-order valence-corrected chi connectivity index (χ1v) is 6.34. The average molecular weight is 213 g/mol. The van der Waals surface area contributed by atoms with Crippen LogP contribution >= 0.6 is 0 Å². The number of nitrogens with one attached hydrogen (secondary N) is 1. The van der Waals surface area contributed by atoms with E-state index in [4.69, 9.17) is 0 Å². The van der Waals surface area contributed by atoms with Gasteiger partial charge in [0.1, 0.15) is 0 Å². The van der Waals surface area contributed by atoms with Crippen LogP contribution in [0.2, 0.25) is 0 Å². The summed E-state index contributed by atoms with van der Waals surface area (Å²) in [6.07, 6.45) is 1.26. The first kappa shape index (κ1) is 15.0. The van der Waals surface area contributed by atoms with Gasteiger partial charge in [-0.2, -0.15) is 0 Å². The van der Waals surface area contributed by atoms with Crippen LogP contribution in [0.3, 0.4) is 0 Å². The highest BCUT2D eigenvalue weighted by Gasteiger charge is 2.36. The van der Waals surface area contributed by atoms with Crippen molar-refractivity contribution in [1.29, 1.82) is 0 Å². The Labute approximate surface area is 97.0 Å². The Morgan fingerprint density at radius 2 is 1.47 bits per heavy atom. The van der Waals surface area contributed by atoms with Crippen LogP contribution in [-0.4, -0.2) is 12.6 Å². The van der Waals surface area contributed by atoms with Crippen LogP contribution in [0.15, 0.2) is 0 Å².